The summed E-state index contributed by atoms with van der Waals surface area (Å²) in [6.07, 6.45) is 0.0817. The van der Waals surface area contributed by atoms with E-state index >= 15 is 0 Å². The number of carbonyl (C=O) groups is 2. The molecule has 138 valence electrons. The van der Waals surface area contributed by atoms with Gasteiger partial charge in [0.15, 0.2) is 0 Å². The van der Waals surface area contributed by atoms with E-state index in [1.54, 1.807) is 36.4 Å². The Morgan fingerprint density at radius 1 is 1.19 bits per heavy atom. The predicted molar refractivity (Wildman–Crippen MR) is 102 cm³/mol. The third-order valence-corrected chi connectivity index (χ3v) is 4.39. The monoisotopic (exact) mass is 384 g/mol. The van der Waals surface area contributed by atoms with Crippen LogP contribution in [0.2, 0.25) is 5.02 Å². The van der Waals surface area contributed by atoms with Crippen molar-refractivity contribution in [2.45, 2.75) is 12.5 Å². The number of para-hydroxylation sites is 1. The average molecular weight is 385 g/mol. The second-order valence-corrected chi connectivity index (χ2v) is 6.33. The minimum atomic E-state index is -1.14. The van der Waals surface area contributed by atoms with Crippen LogP contribution in [0.3, 0.4) is 0 Å². The van der Waals surface area contributed by atoms with E-state index in [0.29, 0.717) is 21.9 Å². The van der Waals surface area contributed by atoms with Gasteiger partial charge in [0.2, 0.25) is 0 Å². The van der Waals surface area contributed by atoms with E-state index < -0.39 is 17.9 Å². The molecule has 7 heteroatoms. The largest absolute Gasteiger partial charge is 0.495 e. The van der Waals surface area contributed by atoms with E-state index in [0.717, 1.165) is 5.39 Å². The molecule has 0 saturated carbocycles. The van der Waals surface area contributed by atoms with Gasteiger partial charge in [-0.15, -0.1) is 0 Å². The van der Waals surface area contributed by atoms with Crippen molar-refractivity contribution in [3.8, 4) is 5.75 Å². The minimum absolute atomic E-state index is 0.0817. The van der Waals surface area contributed by atoms with Crippen molar-refractivity contribution in [2.24, 2.45) is 0 Å². The zero-order valence-corrected chi connectivity index (χ0v) is 15.2. The number of methoxy groups -OCH3 is 1. The Morgan fingerprint density at radius 3 is 2.67 bits per heavy atom. The Balaban J connectivity index is 1.77. The van der Waals surface area contributed by atoms with Gasteiger partial charge in [0, 0.05) is 11.8 Å². The molecule has 0 radical (unpaired) electrons. The quantitative estimate of drug-likeness (QED) is 0.680. The number of nitrogens with one attached hydrogen (secondary N) is 1. The second kappa shape index (κ2) is 8.05. The van der Waals surface area contributed by atoms with E-state index in [1.165, 1.54) is 7.11 Å². The van der Waals surface area contributed by atoms with Gasteiger partial charge in [0.25, 0.3) is 5.91 Å². The van der Waals surface area contributed by atoms with E-state index in [9.17, 15) is 14.7 Å². The highest BCUT2D eigenvalue weighted by molar-refractivity contribution is 6.32. The number of benzene rings is 2. The summed E-state index contributed by atoms with van der Waals surface area (Å²) in [6, 6.07) is 14.6. The van der Waals surface area contributed by atoms with Crippen molar-refractivity contribution >= 4 is 34.4 Å². The van der Waals surface area contributed by atoms with Crippen LogP contribution in [0.25, 0.3) is 10.9 Å². The van der Waals surface area contributed by atoms with Crippen molar-refractivity contribution in [2.75, 3.05) is 7.11 Å². The summed E-state index contributed by atoms with van der Waals surface area (Å²) in [6.45, 7) is 0. The highest BCUT2D eigenvalue weighted by Crippen LogP contribution is 2.25. The topological polar surface area (TPSA) is 88.5 Å². The Morgan fingerprint density at radius 2 is 1.96 bits per heavy atom. The average Bonchev–Trinajstić information content (AvgIpc) is 2.67. The van der Waals surface area contributed by atoms with Crippen molar-refractivity contribution in [1.82, 2.24) is 10.3 Å². The lowest BCUT2D eigenvalue weighted by Gasteiger charge is -2.15. The van der Waals surface area contributed by atoms with E-state index in [2.05, 4.69) is 10.3 Å². The van der Waals surface area contributed by atoms with Crippen molar-refractivity contribution in [1.29, 1.82) is 0 Å². The lowest BCUT2D eigenvalue weighted by atomic mass is 10.1. The Labute approximate surface area is 160 Å². The Kier molecular flexibility index (Phi) is 5.57. The highest BCUT2D eigenvalue weighted by Gasteiger charge is 2.22. The molecular weight excluding hydrogens is 368 g/mol. The lowest BCUT2D eigenvalue weighted by Crippen LogP contribution is -2.42. The number of carbonyl (C=O) groups excluding carboxylic acids is 1. The van der Waals surface area contributed by atoms with Crippen LogP contribution in [-0.4, -0.2) is 35.1 Å². The normalized spacial score (nSPS) is 11.8. The third-order valence-electron chi connectivity index (χ3n) is 4.09. The first-order chi connectivity index (χ1) is 13.0. The molecule has 27 heavy (non-hydrogen) atoms. The summed E-state index contributed by atoms with van der Waals surface area (Å²) in [5.74, 6) is -1.19. The predicted octanol–water partition coefficient (Wildman–Crippen LogP) is 3.32. The number of fused-ring (bicyclic) bond motifs is 1. The van der Waals surface area contributed by atoms with Gasteiger partial charge in [0.05, 0.1) is 17.6 Å². The fraction of sp³-hybridized carbons (Fsp3) is 0.150. The molecule has 0 unspecified atom stereocenters. The second-order valence-electron chi connectivity index (χ2n) is 5.93. The number of amides is 1. The fourth-order valence-electron chi connectivity index (χ4n) is 2.70. The molecule has 3 rings (SSSR count). The van der Waals surface area contributed by atoms with E-state index in [1.807, 2.05) is 18.2 Å². The maximum atomic E-state index is 12.5. The number of hydrogen-bond acceptors (Lipinski definition) is 4. The fourth-order valence-corrected chi connectivity index (χ4v) is 2.98. The standard InChI is InChI=1S/C20H17ClN2O4/c1-27-18-9-6-12(10-14(18)21)11-17(20(25)26)23-19(24)16-8-7-13-4-2-3-5-15(13)22-16/h2-10,17H,11H2,1H3,(H,23,24)(H,25,26)/t17-/m1/s1. The number of rotatable bonds is 6. The molecule has 2 N–H and O–H groups in total. The van der Waals surface area contributed by atoms with Crippen LogP contribution in [0.15, 0.2) is 54.6 Å². The van der Waals surface area contributed by atoms with Gasteiger partial charge < -0.3 is 15.2 Å². The summed E-state index contributed by atoms with van der Waals surface area (Å²) in [7, 11) is 1.50. The molecule has 0 saturated heterocycles. The summed E-state index contributed by atoms with van der Waals surface area (Å²) in [5, 5.41) is 13.3. The Bertz CT molecular complexity index is 1010. The molecule has 1 aromatic heterocycles. The molecule has 2 aromatic carbocycles. The molecule has 1 atom stereocenters. The maximum Gasteiger partial charge on any atom is 0.326 e. The first kappa shape index (κ1) is 18.7. The Hall–Kier alpha value is -3.12. The van der Waals surface area contributed by atoms with Crippen LogP contribution in [0.5, 0.6) is 5.75 Å². The molecule has 0 aliphatic heterocycles. The summed E-state index contributed by atoms with van der Waals surface area (Å²) in [5.41, 5.74) is 1.49. The first-order valence-corrected chi connectivity index (χ1v) is 8.57. The van der Waals surface area contributed by atoms with Gasteiger partial charge in [-0.3, -0.25) is 4.79 Å². The maximum absolute atomic E-state index is 12.5. The number of ether oxygens (including phenoxy) is 1. The van der Waals surface area contributed by atoms with Crippen LogP contribution in [-0.2, 0) is 11.2 Å². The van der Waals surface area contributed by atoms with E-state index in [-0.39, 0.29) is 12.1 Å². The summed E-state index contributed by atoms with van der Waals surface area (Å²) >= 11 is 6.08. The van der Waals surface area contributed by atoms with Crippen molar-refractivity contribution in [3.05, 3.63) is 70.9 Å². The number of pyridine rings is 1. The van der Waals surface area contributed by atoms with Crippen LogP contribution in [0.1, 0.15) is 16.1 Å². The molecule has 1 heterocycles. The molecule has 1 amide bonds. The number of halogens is 1. The minimum Gasteiger partial charge on any atom is -0.495 e. The lowest BCUT2D eigenvalue weighted by molar-refractivity contribution is -0.139. The van der Waals surface area contributed by atoms with Crippen molar-refractivity contribution < 1.29 is 19.4 Å². The molecule has 0 spiro atoms. The van der Waals surface area contributed by atoms with Gasteiger partial charge in [0.1, 0.15) is 17.5 Å². The first-order valence-electron chi connectivity index (χ1n) is 8.20. The number of nitrogens with zero attached hydrogens (tertiary/aromatic N) is 1. The number of aromatic nitrogens is 1. The number of aliphatic carboxylic acids is 1. The molecular formula is C20H17ClN2O4. The van der Waals surface area contributed by atoms with E-state index in [4.69, 9.17) is 16.3 Å². The molecule has 0 aliphatic carbocycles. The van der Waals surface area contributed by atoms with Crippen LogP contribution in [0, 0.1) is 0 Å². The molecule has 0 fully saturated rings. The zero-order chi connectivity index (χ0) is 19.4. The van der Waals surface area contributed by atoms with Crippen LogP contribution >= 0.6 is 11.6 Å². The van der Waals surface area contributed by atoms with Crippen molar-refractivity contribution in [3.63, 3.8) is 0 Å². The van der Waals surface area contributed by atoms with Crippen LogP contribution in [0.4, 0.5) is 0 Å². The number of carboxylic acid groups (broad SMARTS) is 1. The molecule has 6 nitrogen and oxygen atoms in total. The molecule has 0 bridgehead atoms. The van der Waals surface area contributed by atoms with Gasteiger partial charge in [-0.05, 0) is 29.8 Å². The highest BCUT2D eigenvalue weighted by atomic mass is 35.5. The van der Waals surface area contributed by atoms with Gasteiger partial charge in [-0.2, -0.15) is 0 Å². The smallest absolute Gasteiger partial charge is 0.326 e. The van der Waals surface area contributed by atoms with Gasteiger partial charge >= 0.3 is 5.97 Å². The number of hydrogen-bond donors (Lipinski definition) is 2. The molecule has 3 aromatic rings. The zero-order valence-electron chi connectivity index (χ0n) is 14.5. The third kappa shape index (κ3) is 4.35. The summed E-state index contributed by atoms with van der Waals surface area (Å²) in [4.78, 5) is 28.4. The van der Waals surface area contributed by atoms with Gasteiger partial charge in [-0.1, -0.05) is 41.9 Å². The van der Waals surface area contributed by atoms with Crippen LogP contribution < -0.4 is 10.1 Å². The van der Waals surface area contributed by atoms with Gasteiger partial charge in [-0.25, -0.2) is 9.78 Å². The summed E-state index contributed by atoms with van der Waals surface area (Å²) < 4.78 is 5.08. The SMILES string of the molecule is COc1ccc(C[C@@H](NC(=O)c2ccc3ccccc3n2)C(=O)O)cc1Cl. The molecule has 0 aliphatic rings. The number of carboxylic acids is 1.